The van der Waals surface area contributed by atoms with Crippen LogP contribution in [0.2, 0.25) is 0 Å². The molecule has 4 N–H and O–H groups in total. The van der Waals surface area contributed by atoms with Crippen molar-refractivity contribution in [1.29, 1.82) is 0 Å². The summed E-state index contributed by atoms with van der Waals surface area (Å²) in [5, 5.41) is 15.0. The van der Waals surface area contributed by atoms with Crippen LogP contribution in [0.3, 0.4) is 0 Å². The first-order valence-corrected chi connectivity index (χ1v) is 11.7. The topological polar surface area (TPSA) is 111 Å². The SMILES string of the molecule is CC[C@@H](NC(=O)c1ccc2c(c1)C(=Cc1[nH]c(C)c(CCC(=O)O)c1C)C(=O)N2)c1ccccc1. The number of amides is 2. The summed E-state index contributed by atoms with van der Waals surface area (Å²) in [6.45, 7) is 5.84. The zero-order chi connectivity index (χ0) is 25.1. The number of carbonyl (C=O) groups excluding carboxylic acids is 2. The largest absolute Gasteiger partial charge is 0.481 e. The van der Waals surface area contributed by atoms with Gasteiger partial charge in [0.05, 0.1) is 11.6 Å². The standard InChI is InChI=1S/C28H29N3O4/c1-4-23(18-8-6-5-7-9-18)30-27(34)19-10-12-24-21(14-19)22(28(35)31-24)15-25-16(2)20(17(3)29-25)11-13-26(32)33/h5-10,12,14-15,23,29H,4,11,13H2,1-3H3,(H,30,34)(H,31,35)(H,32,33)/t23-/m1/s1. The van der Waals surface area contributed by atoms with Crippen LogP contribution in [0.25, 0.3) is 11.6 Å². The molecule has 1 aliphatic heterocycles. The lowest BCUT2D eigenvalue weighted by Crippen LogP contribution is -2.28. The molecule has 7 nitrogen and oxygen atoms in total. The summed E-state index contributed by atoms with van der Waals surface area (Å²) in [5.74, 6) is -1.30. The van der Waals surface area contributed by atoms with Crippen LogP contribution in [0.5, 0.6) is 0 Å². The highest BCUT2D eigenvalue weighted by Crippen LogP contribution is 2.35. The van der Waals surface area contributed by atoms with Gasteiger partial charge in [-0.2, -0.15) is 0 Å². The number of carbonyl (C=O) groups is 3. The molecule has 4 rings (SSSR count). The van der Waals surface area contributed by atoms with Crippen LogP contribution in [-0.4, -0.2) is 27.9 Å². The van der Waals surface area contributed by atoms with Crippen molar-refractivity contribution in [3.05, 3.63) is 87.7 Å². The summed E-state index contributed by atoms with van der Waals surface area (Å²) in [7, 11) is 0. The summed E-state index contributed by atoms with van der Waals surface area (Å²) in [4.78, 5) is 40.1. The fraction of sp³-hybridized carbons (Fsp3) is 0.250. The number of fused-ring (bicyclic) bond motifs is 1. The van der Waals surface area contributed by atoms with Crippen LogP contribution in [0.4, 0.5) is 5.69 Å². The number of hydrogen-bond donors (Lipinski definition) is 4. The summed E-state index contributed by atoms with van der Waals surface area (Å²) in [5.41, 5.74) is 6.78. The van der Waals surface area contributed by atoms with E-state index in [1.54, 1.807) is 24.3 Å². The summed E-state index contributed by atoms with van der Waals surface area (Å²) in [6, 6.07) is 14.9. The molecule has 0 aliphatic carbocycles. The van der Waals surface area contributed by atoms with E-state index in [4.69, 9.17) is 5.11 Å². The fourth-order valence-corrected chi connectivity index (χ4v) is 4.53. The van der Waals surface area contributed by atoms with Crippen molar-refractivity contribution in [2.45, 2.75) is 46.1 Å². The van der Waals surface area contributed by atoms with Crippen molar-refractivity contribution in [2.24, 2.45) is 0 Å². The van der Waals surface area contributed by atoms with Gasteiger partial charge in [0.2, 0.25) is 0 Å². The average Bonchev–Trinajstić information content (AvgIpc) is 3.30. The Bertz CT molecular complexity index is 1320. The quantitative estimate of drug-likeness (QED) is 0.346. The molecule has 180 valence electrons. The van der Waals surface area contributed by atoms with Crippen LogP contribution in [0.1, 0.15) is 69.8 Å². The number of H-pyrrole nitrogens is 1. The Balaban J connectivity index is 1.62. The third kappa shape index (κ3) is 5.04. The zero-order valence-electron chi connectivity index (χ0n) is 20.1. The second-order valence-corrected chi connectivity index (χ2v) is 8.78. The number of benzene rings is 2. The lowest BCUT2D eigenvalue weighted by atomic mass is 10.00. The van der Waals surface area contributed by atoms with Gasteiger partial charge in [-0.15, -0.1) is 0 Å². The Labute approximate surface area is 204 Å². The van der Waals surface area contributed by atoms with Gasteiger partial charge in [-0.3, -0.25) is 14.4 Å². The van der Waals surface area contributed by atoms with E-state index in [0.717, 1.165) is 34.5 Å². The smallest absolute Gasteiger partial charge is 0.303 e. The van der Waals surface area contributed by atoms with Gasteiger partial charge in [0.15, 0.2) is 0 Å². The lowest BCUT2D eigenvalue weighted by Gasteiger charge is -2.17. The number of nitrogens with one attached hydrogen (secondary N) is 3. The Morgan fingerprint density at radius 2 is 1.86 bits per heavy atom. The molecular formula is C28H29N3O4. The molecule has 2 heterocycles. The minimum Gasteiger partial charge on any atom is -0.481 e. The van der Waals surface area contributed by atoms with Gasteiger partial charge in [-0.05, 0) is 67.7 Å². The van der Waals surface area contributed by atoms with E-state index in [0.29, 0.717) is 28.8 Å². The predicted octanol–water partition coefficient (Wildman–Crippen LogP) is 5.02. The fourth-order valence-electron chi connectivity index (χ4n) is 4.53. The van der Waals surface area contributed by atoms with Gasteiger partial charge in [-0.25, -0.2) is 0 Å². The van der Waals surface area contributed by atoms with Crippen LogP contribution < -0.4 is 10.6 Å². The Morgan fingerprint density at radius 1 is 1.11 bits per heavy atom. The van der Waals surface area contributed by atoms with Gasteiger partial charge in [-0.1, -0.05) is 37.3 Å². The molecule has 0 fully saturated rings. The molecule has 2 amide bonds. The van der Waals surface area contributed by atoms with Gasteiger partial charge < -0.3 is 20.7 Å². The molecule has 0 saturated heterocycles. The Kier molecular flexibility index (Phi) is 6.87. The molecule has 7 heteroatoms. The number of anilines is 1. The van der Waals surface area contributed by atoms with E-state index in [9.17, 15) is 14.4 Å². The number of aryl methyl sites for hydroxylation is 1. The van der Waals surface area contributed by atoms with E-state index < -0.39 is 5.97 Å². The third-order valence-corrected chi connectivity index (χ3v) is 6.49. The maximum atomic E-state index is 13.1. The van der Waals surface area contributed by atoms with Crippen molar-refractivity contribution < 1.29 is 19.5 Å². The molecule has 1 aromatic heterocycles. The van der Waals surface area contributed by atoms with Crippen molar-refractivity contribution in [2.75, 3.05) is 5.32 Å². The Hall–Kier alpha value is -4.13. The zero-order valence-corrected chi connectivity index (χ0v) is 20.1. The van der Waals surface area contributed by atoms with E-state index in [-0.39, 0.29) is 24.3 Å². The summed E-state index contributed by atoms with van der Waals surface area (Å²) in [6.07, 6.45) is 2.98. The van der Waals surface area contributed by atoms with Crippen LogP contribution in [0.15, 0.2) is 48.5 Å². The van der Waals surface area contributed by atoms with Gasteiger partial charge in [0.1, 0.15) is 0 Å². The average molecular weight is 472 g/mol. The van der Waals surface area contributed by atoms with E-state index in [1.807, 2.05) is 51.1 Å². The number of aliphatic carboxylic acids is 1. The second kappa shape index (κ2) is 10.0. The number of rotatable bonds is 8. The summed E-state index contributed by atoms with van der Waals surface area (Å²) < 4.78 is 0. The Morgan fingerprint density at radius 3 is 2.54 bits per heavy atom. The molecule has 3 aromatic rings. The molecule has 1 atom stereocenters. The van der Waals surface area contributed by atoms with E-state index in [2.05, 4.69) is 15.6 Å². The van der Waals surface area contributed by atoms with E-state index in [1.165, 1.54) is 0 Å². The minimum absolute atomic E-state index is 0.0407. The first kappa shape index (κ1) is 24.0. The van der Waals surface area contributed by atoms with Crippen molar-refractivity contribution in [3.63, 3.8) is 0 Å². The molecule has 0 radical (unpaired) electrons. The van der Waals surface area contributed by atoms with Gasteiger partial charge in [0, 0.05) is 34.6 Å². The molecule has 0 unspecified atom stereocenters. The molecule has 2 aromatic carbocycles. The first-order valence-electron chi connectivity index (χ1n) is 11.7. The molecule has 0 saturated carbocycles. The lowest BCUT2D eigenvalue weighted by molar-refractivity contribution is -0.137. The number of aromatic amines is 1. The molecular weight excluding hydrogens is 442 g/mol. The van der Waals surface area contributed by atoms with Crippen molar-refractivity contribution in [1.82, 2.24) is 10.3 Å². The maximum absolute atomic E-state index is 13.1. The van der Waals surface area contributed by atoms with Crippen molar-refractivity contribution >= 4 is 35.1 Å². The molecule has 1 aliphatic rings. The molecule has 0 bridgehead atoms. The highest BCUT2D eigenvalue weighted by Gasteiger charge is 2.26. The monoisotopic (exact) mass is 471 g/mol. The van der Waals surface area contributed by atoms with Crippen molar-refractivity contribution in [3.8, 4) is 0 Å². The number of carboxylic acid groups (broad SMARTS) is 1. The maximum Gasteiger partial charge on any atom is 0.303 e. The van der Waals surface area contributed by atoms with Crippen LogP contribution in [-0.2, 0) is 16.0 Å². The highest BCUT2D eigenvalue weighted by atomic mass is 16.4. The van der Waals surface area contributed by atoms with Gasteiger partial charge in [0.25, 0.3) is 11.8 Å². The van der Waals surface area contributed by atoms with Crippen LogP contribution in [0, 0.1) is 13.8 Å². The van der Waals surface area contributed by atoms with Gasteiger partial charge >= 0.3 is 5.97 Å². The third-order valence-electron chi connectivity index (χ3n) is 6.49. The second-order valence-electron chi connectivity index (χ2n) is 8.78. The number of carboxylic acids is 1. The predicted molar refractivity (Wildman–Crippen MR) is 136 cm³/mol. The van der Waals surface area contributed by atoms with Crippen LogP contribution >= 0.6 is 0 Å². The van der Waals surface area contributed by atoms with E-state index >= 15 is 0 Å². The molecule has 0 spiro atoms. The minimum atomic E-state index is -0.850. The first-order chi connectivity index (χ1) is 16.8. The number of aromatic nitrogens is 1. The normalized spacial score (nSPS) is 14.5. The molecule has 35 heavy (non-hydrogen) atoms. The highest BCUT2D eigenvalue weighted by molar-refractivity contribution is 6.35. The number of hydrogen-bond acceptors (Lipinski definition) is 3. The summed E-state index contributed by atoms with van der Waals surface area (Å²) >= 11 is 0.